The first-order valence-electron chi connectivity index (χ1n) is 7.30. The number of aromatic nitrogens is 1. The van der Waals surface area contributed by atoms with E-state index in [9.17, 15) is 18.0 Å². The topological polar surface area (TPSA) is 103 Å². The van der Waals surface area contributed by atoms with Crippen molar-refractivity contribution in [2.75, 3.05) is 11.9 Å². The van der Waals surface area contributed by atoms with Gasteiger partial charge in [-0.3, -0.25) is 4.79 Å². The van der Waals surface area contributed by atoms with E-state index >= 15 is 0 Å². The summed E-state index contributed by atoms with van der Waals surface area (Å²) in [6.45, 7) is -0.962. The van der Waals surface area contributed by atoms with Crippen molar-refractivity contribution in [2.45, 2.75) is 44.2 Å². The number of nitrogens with zero attached hydrogens (tertiary/aromatic N) is 1. The summed E-state index contributed by atoms with van der Waals surface area (Å²) in [6.07, 6.45) is 0.333. The normalized spacial score (nSPS) is 19.6. The Hall–Kier alpha value is -1.45. The SMILES string of the molecule is Cl.Cl.NC(=O)c1cc(F)c(NC2CCC(N)CC2)nc1OCC(F)F. The lowest BCUT2D eigenvalue weighted by molar-refractivity contribution is 0.0778. The zero-order valence-corrected chi connectivity index (χ0v) is 14.8. The number of primary amides is 1. The van der Waals surface area contributed by atoms with Gasteiger partial charge in [-0.05, 0) is 31.7 Å². The summed E-state index contributed by atoms with van der Waals surface area (Å²) in [7, 11) is 0. The number of halogens is 5. The number of carbonyl (C=O) groups excluding carboxylic acids is 1. The van der Waals surface area contributed by atoms with Crippen molar-refractivity contribution in [3.63, 3.8) is 0 Å². The summed E-state index contributed by atoms with van der Waals surface area (Å²) in [6, 6.07) is 0.944. The summed E-state index contributed by atoms with van der Waals surface area (Å²) in [5.41, 5.74) is 10.5. The first-order chi connectivity index (χ1) is 10.9. The first kappa shape index (κ1) is 23.5. The second-order valence-electron chi connectivity index (χ2n) is 5.49. The van der Waals surface area contributed by atoms with Crippen LogP contribution in [0.25, 0.3) is 0 Å². The Kier molecular flexibility index (Phi) is 9.91. The fourth-order valence-electron chi connectivity index (χ4n) is 2.46. The van der Waals surface area contributed by atoms with E-state index in [1.807, 2.05) is 0 Å². The van der Waals surface area contributed by atoms with Gasteiger partial charge in [-0.1, -0.05) is 0 Å². The number of alkyl halides is 2. The number of carbonyl (C=O) groups is 1. The van der Waals surface area contributed by atoms with Crippen LogP contribution in [0.3, 0.4) is 0 Å². The summed E-state index contributed by atoms with van der Waals surface area (Å²) < 4.78 is 43.4. The second kappa shape index (κ2) is 10.5. The van der Waals surface area contributed by atoms with Crippen LogP contribution in [0.15, 0.2) is 6.07 Å². The number of hydrogen-bond acceptors (Lipinski definition) is 5. The zero-order chi connectivity index (χ0) is 17.0. The van der Waals surface area contributed by atoms with Gasteiger partial charge >= 0.3 is 0 Å². The van der Waals surface area contributed by atoms with E-state index in [0.29, 0.717) is 0 Å². The van der Waals surface area contributed by atoms with Crippen LogP contribution in [-0.4, -0.2) is 36.0 Å². The molecular formula is C14H21Cl2F3N4O2. The van der Waals surface area contributed by atoms with Crippen LogP contribution in [0, 0.1) is 5.82 Å². The number of pyridine rings is 1. The van der Waals surface area contributed by atoms with Crippen LogP contribution >= 0.6 is 24.8 Å². The van der Waals surface area contributed by atoms with Crippen LogP contribution in [0.5, 0.6) is 5.88 Å². The van der Waals surface area contributed by atoms with Crippen molar-refractivity contribution in [2.24, 2.45) is 11.5 Å². The number of hydrogen-bond donors (Lipinski definition) is 3. The van der Waals surface area contributed by atoms with E-state index in [0.717, 1.165) is 31.7 Å². The Morgan fingerprint density at radius 1 is 1.32 bits per heavy atom. The monoisotopic (exact) mass is 404 g/mol. The average Bonchev–Trinajstić information content (AvgIpc) is 2.49. The number of anilines is 1. The molecule has 5 N–H and O–H groups in total. The third-order valence-corrected chi connectivity index (χ3v) is 3.67. The average molecular weight is 405 g/mol. The summed E-state index contributed by atoms with van der Waals surface area (Å²) in [4.78, 5) is 15.1. The lowest BCUT2D eigenvalue weighted by Crippen LogP contribution is -2.33. The molecule has 25 heavy (non-hydrogen) atoms. The molecule has 0 spiro atoms. The molecule has 0 saturated heterocycles. The molecule has 0 atom stereocenters. The molecule has 0 aliphatic heterocycles. The van der Waals surface area contributed by atoms with E-state index in [1.165, 1.54) is 0 Å². The molecule has 0 unspecified atom stereocenters. The van der Waals surface area contributed by atoms with Crippen molar-refractivity contribution >= 4 is 36.5 Å². The van der Waals surface area contributed by atoms with Gasteiger partial charge in [-0.25, -0.2) is 13.2 Å². The third-order valence-electron chi connectivity index (χ3n) is 3.67. The standard InChI is InChI=1S/C14H19F3N4O2.2ClH/c15-10-5-9(12(19)22)14(23-6-11(16)17)21-13(10)20-8-3-1-7(18)2-4-8;;/h5,7-8,11H,1-4,6,18H2,(H2,19,22)(H,20,21);2*1H. The van der Waals surface area contributed by atoms with Gasteiger partial charge < -0.3 is 21.5 Å². The van der Waals surface area contributed by atoms with Crippen molar-refractivity contribution in [1.82, 2.24) is 4.98 Å². The molecule has 11 heteroatoms. The largest absolute Gasteiger partial charge is 0.471 e. The molecule has 144 valence electrons. The van der Waals surface area contributed by atoms with Crippen molar-refractivity contribution < 1.29 is 22.7 Å². The van der Waals surface area contributed by atoms with Crippen LogP contribution in [0.1, 0.15) is 36.0 Å². The maximum absolute atomic E-state index is 14.1. The Morgan fingerprint density at radius 3 is 2.44 bits per heavy atom. The summed E-state index contributed by atoms with van der Waals surface area (Å²) in [5, 5.41) is 2.90. The fraction of sp³-hybridized carbons (Fsp3) is 0.571. The van der Waals surface area contributed by atoms with Gasteiger partial charge in [0, 0.05) is 12.1 Å². The number of nitrogens with one attached hydrogen (secondary N) is 1. The molecule has 0 radical (unpaired) electrons. The van der Waals surface area contributed by atoms with Crippen LogP contribution in [-0.2, 0) is 0 Å². The fourth-order valence-corrected chi connectivity index (χ4v) is 2.46. The minimum absolute atomic E-state index is 0. The second-order valence-corrected chi connectivity index (χ2v) is 5.49. The molecule has 1 heterocycles. The lowest BCUT2D eigenvalue weighted by atomic mass is 9.92. The molecule has 1 saturated carbocycles. The van der Waals surface area contributed by atoms with E-state index in [1.54, 1.807) is 0 Å². The molecule has 1 aromatic rings. The highest BCUT2D eigenvalue weighted by Gasteiger charge is 2.22. The van der Waals surface area contributed by atoms with Gasteiger partial charge in [0.05, 0.1) is 0 Å². The summed E-state index contributed by atoms with van der Waals surface area (Å²) >= 11 is 0. The Bertz CT molecular complexity index is 573. The van der Waals surface area contributed by atoms with Crippen LogP contribution in [0.4, 0.5) is 19.0 Å². The number of amides is 1. The van der Waals surface area contributed by atoms with Gasteiger partial charge in [0.25, 0.3) is 12.3 Å². The van der Waals surface area contributed by atoms with Gasteiger partial charge in [0.2, 0.25) is 5.88 Å². The maximum atomic E-state index is 14.1. The molecular weight excluding hydrogens is 384 g/mol. The predicted molar refractivity (Wildman–Crippen MR) is 92.6 cm³/mol. The first-order valence-corrected chi connectivity index (χ1v) is 7.30. The van der Waals surface area contributed by atoms with Crippen molar-refractivity contribution in [1.29, 1.82) is 0 Å². The van der Waals surface area contributed by atoms with Gasteiger partial charge in [0.1, 0.15) is 5.56 Å². The highest BCUT2D eigenvalue weighted by Crippen LogP contribution is 2.26. The Balaban J connectivity index is 0.00000288. The molecule has 1 aliphatic rings. The van der Waals surface area contributed by atoms with Crippen molar-refractivity contribution in [3.8, 4) is 5.88 Å². The van der Waals surface area contributed by atoms with Gasteiger partial charge in [-0.2, -0.15) is 4.98 Å². The zero-order valence-electron chi connectivity index (χ0n) is 13.2. The van der Waals surface area contributed by atoms with E-state index < -0.39 is 30.6 Å². The van der Waals surface area contributed by atoms with E-state index in [4.69, 9.17) is 16.2 Å². The molecule has 1 aliphatic carbocycles. The van der Waals surface area contributed by atoms with E-state index in [-0.39, 0.29) is 48.3 Å². The molecule has 1 aromatic heterocycles. The minimum Gasteiger partial charge on any atom is -0.471 e. The molecule has 2 rings (SSSR count). The highest BCUT2D eigenvalue weighted by molar-refractivity contribution is 5.95. The van der Waals surface area contributed by atoms with Gasteiger partial charge in [0.15, 0.2) is 18.2 Å². The third kappa shape index (κ3) is 6.75. The number of nitrogens with two attached hydrogens (primary N) is 2. The Labute approximate surface area is 155 Å². The molecule has 6 nitrogen and oxygen atoms in total. The molecule has 1 amide bonds. The van der Waals surface area contributed by atoms with Crippen LogP contribution < -0.4 is 21.5 Å². The summed E-state index contributed by atoms with van der Waals surface area (Å²) in [5.74, 6) is -2.36. The minimum atomic E-state index is -2.75. The molecule has 0 aromatic carbocycles. The molecule has 0 bridgehead atoms. The number of rotatable bonds is 6. The predicted octanol–water partition coefficient (Wildman–Crippen LogP) is 2.49. The maximum Gasteiger partial charge on any atom is 0.272 e. The van der Waals surface area contributed by atoms with Crippen molar-refractivity contribution in [3.05, 3.63) is 17.4 Å². The van der Waals surface area contributed by atoms with E-state index in [2.05, 4.69) is 10.3 Å². The van der Waals surface area contributed by atoms with Gasteiger partial charge in [-0.15, -0.1) is 24.8 Å². The molecule has 1 fully saturated rings. The lowest BCUT2D eigenvalue weighted by Gasteiger charge is -2.27. The highest BCUT2D eigenvalue weighted by atomic mass is 35.5. The van der Waals surface area contributed by atoms with Crippen LogP contribution in [0.2, 0.25) is 0 Å². The Morgan fingerprint density at radius 2 is 1.92 bits per heavy atom. The quantitative estimate of drug-likeness (QED) is 0.675. The number of ether oxygens (including phenoxy) is 1. The smallest absolute Gasteiger partial charge is 0.272 e.